The van der Waals surface area contributed by atoms with E-state index < -0.39 is 22.0 Å². The van der Waals surface area contributed by atoms with Crippen LogP contribution >= 0.6 is 11.6 Å². The molecule has 3 N–H and O–H groups in total. The highest BCUT2D eigenvalue weighted by Gasteiger charge is 2.24. The molecule has 0 aliphatic heterocycles. The zero-order chi connectivity index (χ0) is 23.1. The van der Waals surface area contributed by atoms with Gasteiger partial charge in [0.25, 0.3) is 15.9 Å². The third-order valence-electron chi connectivity index (χ3n) is 4.57. The number of aromatic nitrogens is 1. The lowest BCUT2D eigenvalue weighted by Gasteiger charge is -2.18. The van der Waals surface area contributed by atoms with Crippen LogP contribution in [0.4, 0.5) is 5.69 Å². The van der Waals surface area contributed by atoms with Crippen LogP contribution in [0.1, 0.15) is 15.9 Å². The minimum atomic E-state index is -4.10. The molecule has 0 saturated heterocycles. The fraction of sp³-hybridized carbons (Fsp3) is 0.182. The van der Waals surface area contributed by atoms with Gasteiger partial charge in [0.2, 0.25) is 0 Å². The van der Waals surface area contributed by atoms with E-state index in [4.69, 9.17) is 16.3 Å². The van der Waals surface area contributed by atoms with Crippen molar-refractivity contribution in [1.82, 2.24) is 10.3 Å². The fourth-order valence-electron chi connectivity index (χ4n) is 3.01. The average molecular weight is 476 g/mol. The van der Waals surface area contributed by atoms with Gasteiger partial charge in [0.1, 0.15) is 10.6 Å². The molecule has 0 fully saturated rings. The first-order valence-electron chi connectivity index (χ1n) is 9.59. The Morgan fingerprint density at radius 2 is 1.88 bits per heavy atom. The van der Waals surface area contributed by atoms with Gasteiger partial charge in [-0.05, 0) is 36.2 Å². The van der Waals surface area contributed by atoms with E-state index in [0.717, 1.165) is 5.56 Å². The van der Waals surface area contributed by atoms with Crippen molar-refractivity contribution >= 4 is 33.2 Å². The van der Waals surface area contributed by atoms with Crippen molar-refractivity contribution in [3.05, 3.63) is 83.1 Å². The molecule has 1 aromatic heterocycles. The van der Waals surface area contributed by atoms with E-state index in [0.29, 0.717) is 17.2 Å². The zero-order valence-corrected chi connectivity index (χ0v) is 18.7. The number of sulfonamides is 1. The smallest absolute Gasteiger partial charge is 0.262 e. The summed E-state index contributed by atoms with van der Waals surface area (Å²) in [6.07, 6.45) is 3.12. The highest BCUT2D eigenvalue weighted by Crippen LogP contribution is 2.22. The van der Waals surface area contributed by atoms with Gasteiger partial charge in [-0.1, -0.05) is 35.9 Å². The molecule has 8 nitrogen and oxygen atoms in total. The summed E-state index contributed by atoms with van der Waals surface area (Å²) in [5.41, 5.74) is 1.00. The number of benzene rings is 2. The third kappa shape index (κ3) is 5.97. The van der Waals surface area contributed by atoms with Gasteiger partial charge in [-0.15, -0.1) is 0 Å². The summed E-state index contributed by atoms with van der Waals surface area (Å²) in [6.45, 7) is -0.322. The number of rotatable bonds is 9. The molecule has 3 rings (SSSR count). The number of hydrogen-bond acceptors (Lipinski definition) is 6. The van der Waals surface area contributed by atoms with Crippen LogP contribution in [0.2, 0.25) is 5.02 Å². The lowest BCUT2D eigenvalue weighted by molar-refractivity contribution is 0.0913. The molecule has 0 spiro atoms. The van der Waals surface area contributed by atoms with Gasteiger partial charge >= 0.3 is 0 Å². The van der Waals surface area contributed by atoms with Crippen molar-refractivity contribution in [3.63, 3.8) is 0 Å². The molecule has 1 amide bonds. The largest absolute Gasteiger partial charge is 0.495 e. The van der Waals surface area contributed by atoms with E-state index in [1.165, 1.54) is 43.8 Å². The number of halogens is 1. The molecule has 1 atom stereocenters. The second-order valence-electron chi connectivity index (χ2n) is 6.90. The van der Waals surface area contributed by atoms with Crippen LogP contribution in [0.25, 0.3) is 0 Å². The number of carbonyl (C=O) groups excluding carboxylic acids is 1. The maximum atomic E-state index is 13.0. The monoisotopic (exact) mass is 475 g/mol. The van der Waals surface area contributed by atoms with Crippen LogP contribution in [0.5, 0.6) is 5.75 Å². The van der Waals surface area contributed by atoms with Crippen molar-refractivity contribution in [1.29, 1.82) is 0 Å². The molecule has 3 aromatic rings. The number of nitrogens with one attached hydrogen (secondary N) is 2. The first-order valence-corrected chi connectivity index (χ1v) is 11.5. The average Bonchev–Trinajstić information content (AvgIpc) is 2.79. The van der Waals surface area contributed by atoms with Crippen LogP contribution < -0.4 is 14.8 Å². The second kappa shape index (κ2) is 10.4. The Morgan fingerprint density at radius 3 is 2.56 bits per heavy atom. The van der Waals surface area contributed by atoms with Gasteiger partial charge in [0.05, 0.1) is 43.4 Å². The predicted octanol–water partition coefficient (Wildman–Crippen LogP) is 2.88. The van der Waals surface area contributed by atoms with Crippen molar-refractivity contribution < 1.29 is 23.1 Å². The minimum Gasteiger partial charge on any atom is -0.495 e. The number of methoxy groups -OCH3 is 1. The molecule has 0 aliphatic carbocycles. The SMILES string of the molecule is COc1cncc(NS(=O)(=O)c2ccccc2C(=O)NC(CO)Cc2ccc(Cl)cc2)c1. The summed E-state index contributed by atoms with van der Waals surface area (Å²) in [6, 6.07) is 13.7. The molecule has 2 aromatic carbocycles. The lowest BCUT2D eigenvalue weighted by Crippen LogP contribution is -2.39. The Balaban J connectivity index is 1.81. The van der Waals surface area contributed by atoms with Crippen LogP contribution in [0.15, 0.2) is 71.9 Å². The van der Waals surface area contributed by atoms with E-state index in [1.807, 2.05) is 0 Å². The number of nitrogens with zero attached hydrogens (tertiary/aromatic N) is 1. The third-order valence-corrected chi connectivity index (χ3v) is 6.26. The van der Waals surface area contributed by atoms with Gasteiger partial charge < -0.3 is 15.2 Å². The summed E-state index contributed by atoms with van der Waals surface area (Å²) in [7, 11) is -2.66. The number of aliphatic hydroxyl groups excluding tert-OH is 1. The van der Waals surface area contributed by atoms with E-state index in [-0.39, 0.29) is 22.8 Å². The first-order chi connectivity index (χ1) is 15.3. The van der Waals surface area contributed by atoms with Crippen LogP contribution in [0, 0.1) is 0 Å². The van der Waals surface area contributed by atoms with Gasteiger partial charge in [-0.3, -0.25) is 14.5 Å². The Morgan fingerprint density at radius 1 is 1.16 bits per heavy atom. The first kappa shape index (κ1) is 23.5. The fourth-order valence-corrected chi connectivity index (χ4v) is 4.38. The predicted molar refractivity (Wildman–Crippen MR) is 122 cm³/mol. The lowest BCUT2D eigenvalue weighted by atomic mass is 10.1. The maximum absolute atomic E-state index is 13.0. The summed E-state index contributed by atoms with van der Waals surface area (Å²) in [4.78, 5) is 16.6. The number of ether oxygens (including phenoxy) is 1. The van der Waals surface area contributed by atoms with E-state index in [1.54, 1.807) is 30.3 Å². The molecular weight excluding hydrogens is 454 g/mol. The molecule has 0 saturated carbocycles. The van der Waals surface area contributed by atoms with E-state index >= 15 is 0 Å². The molecule has 1 unspecified atom stereocenters. The van der Waals surface area contributed by atoms with E-state index in [2.05, 4.69) is 15.0 Å². The highest BCUT2D eigenvalue weighted by atomic mass is 35.5. The minimum absolute atomic E-state index is 0.0505. The topological polar surface area (TPSA) is 118 Å². The number of anilines is 1. The number of pyridine rings is 1. The quantitative estimate of drug-likeness (QED) is 0.438. The molecule has 10 heteroatoms. The summed E-state index contributed by atoms with van der Waals surface area (Å²) < 4.78 is 33.4. The van der Waals surface area contributed by atoms with Crippen molar-refractivity contribution in [3.8, 4) is 5.75 Å². The highest BCUT2D eigenvalue weighted by molar-refractivity contribution is 7.92. The standard InChI is InChI=1S/C22H22ClN3O5S/c1-31-19-11-17(12-24-13-19)26-32(29,30)21-5-3-2-4-20(21)22(28)25-18(14-27)10-15-6-8-16(23)9-7-15/h2-9,11-13,18,26-27H,10,14H2,1H3,(H,25,28). The molecule has 1 heterocycles. The van der Waals surface area contributed by atoms with Crippen LogP contribution in [-0.2, 0) is 16.4 Å². The second-order valence-corrected chi connectivity index (χ2v) is 8.99. The summed E-state index contributed by atoms with van der Waals surface area (Å²) in [5.74, 6) is -0.244. The Labute approximate surface area is 191 Å². The van der Waals surface area contributed by atoms with Crippen molar-refractivity contribution in [2.75, 3.05) is 18.4 Å². The summed E-state index contributed by atoms with van der Waals surface area (Å²) in [5, 5.41) is 13.0. The number of hydrogen-bond donors (Lipinski definition) is 3. The Bertz CT molecular complexity index is 1190. The molecular formula is C22H22ClN3O5S. The number of aliphatic hydroxyl groups is 1. The van der Waals surface area contributed by atoms with Crippen LogP contribution in [0.3, 0.4) is 0 Å². The molecule has 0 radical (unpaired) electrons. The summed E-state index contributed by atoms with van der Waals surface area (Å²) >= 11 is 5.89. The zero-order valence-electron chi connectivity index (χ0n) is 17.2. The van der Waals surface area contributed by atoms with Crippen molar-refractivity contribution in [2.45, 2.75) is 17.4 Å². The van der Waals surface area contributed by atoms with Gasteiger partial charge in [0.15, 0.2) is 0 Å². The molecule has 32 heavy (non-hydrogen) atoms. The Hall–Kier alpha value is -3.14. The molecule has 0 aliphatic rings. The van der Waals surface area contributed by atoms with Gasteiger partial charge in [-0.25, -0.2) is 8.42 Å². The number of amides is 1. The van der Waals surface area contributed by atoms with Gasteiger partial charge in [-0.2, -0.15) is 0 Å². The normalized spacial score (nSPS) is 12.1. The molecule has 168 valence electrons. The maximum Gasteiger partial charge on any atom is 0.262 e. The Kier molecular flexibility index (Phi) is 7.68. The van der Waals surface area contributed by atoms with Gasteiger partial charge in [0, 0.05) is 11.1 Å². The number of carbonyl (C=O) groups is 1. The van der Waals surface area contributed by atoms with Crippen LogP contribution in [-0.4, -0.2) is 44.2 Å². The van der Waals surface area contributed by atoms with Crippen molar-refractivity contribution in [2.24, 2.45) is 0 Å². The van der Waals surface area contributed by atoms with E-state index in [9.17, 15) is 18.3 Å². The molecule has 0 bridgehead atoms.